The Kier molecular flexibility index (Phi) is 6.53. The van der Waals surface area contributed by atoms with Gasteiger partial charge in [-0.1, -0.05) is 24.6 Å². The summed E-state index contributed by atoms with van der Waals surface area (Å²) in [6, 6.07) is 0. The molecule has 1 heterocycles. The molecule has 0 N–H and O–H groups in total. The van der Waals surface area contributed by atoms with Crippen LogP contribution in [-0.2, 0) is 23.8 Å². The highest BCUT2D eigenvalue weighted by molar-refractivity contribution is 5.93. The highest BCUT2D eigenvalue weighted by Gasteiger charge is 2.27. The largest absolute Gasteiger partial charge is 0.511 e. The first kappa shape index (κ1) is 20.1. The molecule has 0 fully saturated rings. The van der Waals surface area contributed by atoms with E-state index in [2.05, 4.69) is 6.92 Å². The van der Waals surface area contributed by atoms with Crippen LogP contribution in [0.5, 0.6) is 0 Å². The fourth-order valence-electron chi connectivity index (χ4n) is 2.71. The van der Waals surface area contributed by atoms with Crippen molar-refractivity contribution >= 4 is 17.7 Å². The summed E-state index contributed by atoms with van der Waals surface area (Å²) in [5, 5.41) is 0. The molecule has 2 rings (SSSR count). The SMILES string of the molecule is C[C@H](C/C=C\C1=CC(=O)COC1OC(=O)OC(C)(C)C)C1=CC(=O)CC1. The molecule has 6 heteroatoms. The van der Waals surface area contributed by atoms with Crippen molar-refractivity contribution < 1.29 is 28.6 Å². The summed E-state index contributed by atoms with van der Waals surface area (Å²) in [6.07, 6.45) is 7.04. The van der Waals surface area contributed by atoms with Crippen LogP contribution in [0.25, 0.3) is 0 Å². The van der Waals surface area contributed by atoms with Gasteiger partial charge in [-0.05, 0) is 51.7 Å². The van der Waals surface area contributed by atoms with Gasteiger partial charge < -0.3 is 14.2 Å². The molecule has 0 aromatic rings. The molecule has 0 aromatic heterocycles. The van der Waals surface area contributed by atoms with Crippen molar-refractivity contribution in [3.8, 4) is 0 Å². The summed E-state index contributed by atoms with van der Waals surface area (Å²) in [6.45, 7) is 7.12. The van der Waals surface area contributed by atoms with Crippen molar-refractivity contribution in [2.45, 2.75) is 58.8 Å². The number of ketones is 2. The van der Waals surface area contributed by atoms with Crippen molar-refractivity contribution in [3.05, 3.63) is 35.5 Å². The zero-order valence-corrected chi connectivity index (χ0v) is 15.7. The first-order valence-corrected chi connectivity index (χ1v) is 8.79. The van der Waals surface area contributed by atoms with E-state index in [1.165, 1.54) is 6.08 Å². The molecule has 0 saturated heterocycles. The van der Waals surface area contributed by atoms with Crippen LogP contribution in [0.3, 0.4) is 0 Å². The predicted octanol–water partition coefficient (Wildman–Crippen LogP) is 3.66. The summed E-state index contributed by atoms with van der Waals surface area (Å²) >= 11 is 0. The number of carbonyl (C=O) groups is 3. The summed E-state index contributed by atoms with van der Waals surface area (Å²) < 4.78 is 15.6. The molecule has 2 atom stereocenters. The quantitative estimate of drug-likeness (QED) is 0.695. The van der Waals surface area contributed by atoms with Crippen LogP contribution in [0.15, 0.2) is 35.5 Å². The first-order chi connectivity index (χ1) is 12.1. The Morgan fingerprint density at radius 3 is 2.62 bits per heavy atom. The van der Waals surface area contributed by atoms with Gasteiger partial charge in [0, 0.05) is 12.0 Å². The third kappa shape index (κ3) is 6.26. The van der Waals surface area contributed by atoms with E-state index in [0.29, 0.717) is 18.4 Å². The van der Waals surface area contributed by atoms with E-state index in [9.17, 15) is 14.4 Å². The fraction of sp³-hybridized carbons (Fsp3) is 0.550. The van der Waals surface area contributed by atoms with Gasteiger partial charge in [0.2, 0.25) is 6.29 Å². The average molecular weight is 362 g/mol. The Bertz CT molecular complexity index is 662. The molecule has 1 aliphatic carbocycles. The Balaban J connectivity index is 1.97. The lowest BCUT2D eigenvalue weighted by Crippen LogP contribution is -2.33. The average Bonchev–Trinajstić information content (AvgIpc) is 2.94. The normalized spacial score (nSPS) is 22.2. The maximum atomic E-state index is 11.8. The Morgan fingerprint density at radius 2 is 2.00 bits per heavy atom. The summed E-state index contributed by atoms with van der Waals surface area (Å²) in [7, 11) is 0. The van der Waals surface area contributed by atoms with E-state index in [4.69, 9.17) is 14.2 Å². The third-order valence-corrected chi connectivity index (χ3v) is 4.01. The van der Waals surface area contributed by atoms with Crippen molar-refractivity contribution in [2.75, 3.05) is 6.61 Å². The van der Waals surface area contributed by atoms with Crippen LogP contribution in [0, 0.1) is 5.92 Å². The molecule has 2 aliphatic rings. The lowest BCUT2D eigenvalue weighted by Gasteiger charge is -2.25. The molecule has 26 heavy (non-hydrogen) atoms. The van der Waals surface area contributed by atoms with E-state index in [0.717, 1.165) is 12.0 Å². The van der Waals surface area contributed by atoms with Gasteiger partial charge in [-0.15, -0.1) is 0 Å². The second kappa shape index (κ2) is 8.45. The minimum Gasteiger partial charge on any atom is -0.428 e. The van der Waals surface area contributed by atoms with Gasteiger partial charge in [-0.3, -0.25) is 9.59 Å². The summed E-state index contributed by atoms with van der Waals surface area (Å²) in [4.78, 5) is 34.8. The van der Waals surface area contributed by atoms with Gasteiger partial charge in [-0.25, -0.2) is 4.79 Å². The van der Waals surface area contributed by atoms with E-state index in [1.54, 1.807) is 32.9 Å². The Hall–Kier alpha value is -2.21. The highest BCUT2D eigenvalue weighted by atomic mass is 16.8. The van der Waals surface area contributed by atoms with Gasteiger partial charge in [0.25, 0.3) is 0 Å². The van der Waals surface area contributed by atoms with Gasteiger partial charge >= 0.3 is 6.16 Å². The number of hydrogen-bond acceptors (Lipinski definition) is 6. The molecule has 0 amide bonds. The van der Waals surface area contributed by atoms with Crippen LogP contribution in [-0.4, -0.2) is 36.2 Å². The Morgan fingerprint density at radius 1 is 1.27 bits per heavy atom. The standard InChI is InChI=1S/C20H26O6/c1-13(14-8-9-16(21)10-14)6-5-7-15-11-17(22)12-24-18(15)25-19(23)26-20(2,3)4/h5,7,10-11,13,18H,6,8-9,12H2,1-4H3/b7-5-/t13-,18?/m1/s1. The molecule has 0 aromatic carbocycles. The van der Waals surface area contributed by atoms with Crippen molar-refractivity contribution in [3.63, 3.8) is 0 Å². The molecule has 0 radical (unpaired) electrons. The topological polar surface area (TPSA) is 78.9 Å². The number of carbonyl (C=O) groups excluding carboxylic acids is 3. The van der Waals surface area contributed by atoms with Crippen molar-refractivity contribution in [2.24, 2.45) is 5.92 Å². The Labute approximate surface area is 153 Å². The van der Waals surface area contributed by atoms with E-state index in [1.807, 2.05) is 6.08 Å². The van der Waals surface area contributed by atoms with E-state index < -0.39 is 18.0 Å². The molecule has 142 valence electrons. The molecule has 1 unspecified atom stereocenters. The molecule has 0 saturated carbocycles. The van der Waals surface area contributed by atoms with E-state index >= 15 is 0 Å². The summed E-state index contributed by atoms with van der Waals surface area (Å²) in [5.74, 6) is 0.227. The van der Waals surface area contributed by atoms with Crippen molar-refractivity contribution in [1.29, 1.82) is 0 Å². The fourth-order valence-corrected chi connectivity index (χ4v) is 2.71. The summed E-state index contributed by atoms with van der Waals surface area (Å²) in [5.41, 5.74) is 0.935. The van der Waals surface area contributed by atoms with Gasteiger partial charge in [0.05, 0.1) is 0 Å². The van der Waals surface area contributed by atoms with Crippen molar-refractivity contribution in [1.82, 2.24) is 0 Å². The first-order valence-electron chi connectivity index (χ1n) is 8.79. The second-order valence-corrected chi connectivity index (χ2v) is 7.56. The lowest BCUT2D eigenvalue weighted by molar-refractivity contribution is -0.140. The highest BCUT2D eigenvalue weighted by Crippen LogP contribution is 2.26. The molecule has 0 spiro atoms. The van der Waals surface area contributed by atoms with Crippen LogP contribution in [0.1, 0.15) is 47.0 Å². The number of rotatable bonds is 5. The zero-order chi connectivity index (χ0) is 19.3. The minimum atomic E-state index is -0.971. The van der Waals surface area contributed by atoms with Crippen LogP contribution in [0.2, 0.25) is 0 Å². The number of hydrogen-bond donors (Lipinski definition) is 0. The predicted molar refractivity (Wildman–Crippen MR) is 95.4 cm³/mol. The monoisotopic (exact) mass is 362 g/mol. The van der Waals surface area contributed by atoms with Gasteiger partial charge in [0.1, 0.15) is 12.2 Å². The van der Waals surface area contributed by atoms with Crippen LogP contribution >= 0.6 is 0 Å². The smallest absolute Gasteiger partial charge is 0.428 e. The zero-order valence-electron chi connectivity index (χ0n) is 15.7. The number of allylic oxidation sites excluding steroid dienone is 3. The number of ether oxygens (including phenoxy) is 3. The van der Waals surface area contributed by atoms with Gasteiger partial charge in [0.15, 0.2) is 11.6 Å². The van der Waals surface area contributed by atoms with Crippen LogP contribution < -0.4 is 0 Å². The molecule has 6 nitrogen and oxygen atoms in total. The third-order valence-electron chi connectivity index (χ3n) is 4.01. The molecule has 1 aliphatic heterocycles. The minimum absolute atomic E-state index is 0.143. The maximum Gasteiger partial charge on any atom is 0.511 e. The lowest BCUT2D eigenvalue weighted by atomic mass is 9.96. The molecular formula is C20H26O6. The maximum absolute atomic E-state index is 11.8. The van der Waals surface area contributed by atoms with Gasteiger partial charge in [-0.2, -0.15) is 0 Å². The second-order valence-electron chi connectivity index (χ2n) is 7.56. The van der Waals surface area contributed by atoms with E-state index in [-0.39, 0.29) is 24.1 Å². The molecule has 0 bridgehead atoms. The van der Waals surface area contributed by atoms with Crippen LogP contribution in [0.4, 0.5) is 4.79 Å². The molecular weight excluding hydrogens is 336 g/mol.